The molecule has 3 rings (SSSR count). The standard InChI is InChI=1S/C24H23N3O5S2/c1-4-10-26-21(29)17(13-25)14(2)20(23(26)31)18(28)9-11-27-22(30)19(34-24(27)33)12-15-5-7-16(32-3)8-6-15/h5-8,12,31H,4,9-11H2,1-3H3/b19-12-. The zero-order valence-corrected chi connectivity index (χ0v) is 20.6. The highest BCUT2D eigenvalue weighted by Gasteiger charge is 2.33. The molecule has 0 unspecified atom stereocenters. The van der Waals surface area contributed by atoms with Gasteiger partial charge < -0.3 is 9.84 Å². The number of carbonyl (C=O) groups is 2. The number of methoxy groups -OCH3 is 1. The van der Waals surface area contributed by atoms with E-state index < -0.39 is 17.2 Å². The maximum absolute atomic E-state index is 13.0. The van der Waals surface area contributed by atoms with Crippen LogP contribution in [0.2, 0.25) is 0 Å². The fraction of sp³-hybridized carbons (Fsp3) is 0.292. The summed E-state index contributed by atoms with van der Waals surface area (Å²) in [5.41, 5.74) is 0.0512. The summed E-state index contributed by atoms with van der Waals surface area (Å²) in [7, 11) is 1.57. The second-order valence-corrected chi connectivity index (χ2v) is 9.22. The van der Waals surface area contributed by atoms with Gasteiger partial charge in [-0.3, -0.25) is 23.9 Å². The van der Waals surface area contributed by atoms with Crippen molar-refractivity contribution < 1.29 is 19.4 Å². The molecule has 34 heavy (non-hydrogen) atoms. The quantitative estimate of drug-likeness (QED) is 0.334. The molecule has 1 aliphatic rings. The number of pyridine rings is 1. The predicted octanol–water partition coefficient (Wildman–Crippen LogP) is 3.63. The number of aromatic hydroxyl groups is 1. The molecular weight excluding hydrogens is 474 g/mol. The second kappa shape index (κ2) is 10.7. The molecule has 1 fully saturated rings. The summed E-state index contributed by atoms with van der Waals surface area (Å²) in [6.45, 7) is 3.45. The van der Waals surface area contributed by atoms with Crippen molar-refractivity contribution in [2.75, 3.05) is 13.7 Å². The minimum absolute atomic E-state index is 0.0110. The molecule has 0 spiro atoms. The first-order chi connectivity index (χ1) is 16.2. The average Bonchev–Trinajstić information content (AvgIpc) is 3.08. The van der Waals surface area contributed by atoms with E-state index in [4.69, 9.17) is 17.0 Å². The minimum Gasteiger partial charge on any atom is -0.497 e. The number of rotatable bonds is 8. The molecule has 1 aliphatic heterocycles. The van der Waals surface area contributed by atoms with Gasteiger partial charge in [0.25, 0.3) is 11.5 Å². The summed E-state index contributed by atoms with van der Waals surface area (Å²) in [5, 5.41) is 20.0. The van der Waals surface area contributed by atoms with E-state index in [-0.39, 0.29) is 42.1 Å². The van der Waals surface area contributed by atoms with Crippen molar-refractivity contribution in [3.05, 3.63) is 61.8 Å². The average molecular weight is 498 g/mol. The van der Waals surface area contributed by atoms with Crippen molar-refractivity contribution in [2.24, 2.45) is 0 Å². The number of ether oxygens (including phenoxy) is 1. The van der Waals surface area contributed by atoms with E-state index in [1.54, 1.807) is 25.3 Å². The molecule has 1 N–H and O–H groups in total. The zero-order chi connectivity index (χ0) is 25.0. The first-order valence-corrected chi connectivity index (χ1v) is 11.7. The van der Waals surface area contributed by atoms with Gasteiger partial charge in [0.2, 0.25) is 5.88 Å². The number of thiocarbonyl (C=S) groups is 1. The molecule has 1 amide bonds. The lowest BCUT2D eigenvalue weighted by molar-refractivity contribution is -0.122. The lowest BCUT2D eigenvalue weighted by atomic mass is 10.00. The molecule has 2 aromatic rings. The van der Waals surface area contributed by atoms with Crippen LogP contribution in [0.25, 0.3) is 6.08 Å². The van der Waals surface area contributed by atoms with Crippen LogP contribution in [0.1, 0.15) is 46.8 Å². The SMILES string of the molecule is CCCn1c(O)c(C(=O)CCN2C(=O)/C(=C/c3ccc(OC)cc3)SC2=S)c(C)c(C#N)c1=O. The minimum atomic E-state index is -0.628. The zero-order valence-electron chi connectivity index (χ0n) is 19.0. The molecule has 0 radical (unpaired) electrons. The third-order valence-electron chi connectivity index (χ3n) is 5.38. The third kappa shape index (κ3) is 4.90. The number of ketones is 1. The van der Waals surface area contributed by atoms with E-state index in [9.17, 15) is 24.8 Å². The highest BCUT2D eigenvalue weighted by molar-refractivity contribution is 8.26. The molecule has 0 bridgehead atoms. The lowest BCUT2D eigenvalue weighted by Gasteiger charge is -2.17. The van der Waals surface area contributed by atoms with Gasteiger partial charge >= 0.3 is 0 Å². The summed E-state index contributed by atoms with van der Waals surface area (Å²) in [4.78, 5) is 40.2. The Labute approximate surface area is 206 Å². The van der Waals surface area contributed by atoms with E-state index in [1.807, 2.05) is 25.1 Å². The molecule has 10 heteroatoms. The van der Waals surface area contributed by atoms with Crippen LogP contribution in [0.5, 0.6) is 11.6 Å². The molecule has 0 saturated carbocycles. The summed E-state index contributed by atoms with van der Waals surface area (Å²) in [6.07, 6.45) is 2.12. The van der Waals surface area contributed by atoms with Crippen molar-refractivity contribution in [2.45, 2.75) is 33.2 Å². The first-order valence-electron chi connectivity index (χ1n) is 10.5. The highest BCUT2D eigenvalue weighted by atomic mass is 32.2. The van der Waals surface area contributed by atoms with Crippen LogP contribution in [-0.4, -0.2) is 44.2 Å². The van der Waals surface area contributed by atoms with Crippen LogP contribution in [0.3, 0.4) is 0 Å². The number of nitrogens with zero attached hydrogens (tertiary/aromatic N) is 3. The maximum atomic E-state index is 13.0. The Balaban J connectivity index is 1.81. The fourth-order valence-corrected chi connectivity index (χ4v) is 4.91. The molecule has 1 aromatic heterocycles. The lowest BCUT2D eigenvalue weighted by Crippen LogP contribution is -2.31. The molecular formula is C24H23N3O5S2. The van der Waals surface area contributed by atoms with Crippen molar-refractivity contribution in [3.63, 3.8) is 0 Å². The van der Waals surface area contributed by atoms with Crippen molar-refractivity contribution in [3.8, 4) is 17.7 Å². The Morgan fingerprint density at radius 3 is 2.53 bits per heavy atom. The number of aromatic nitrogens is 1. The third-order valence-corrected chi connectivity index (χ3v) is 6.75. The van der Waals surface area contributed by atoms with Crippen molar-refractivity contribution in [1.82, 2.24) is 9.47 Å². The predicted molar refractivity (Wildman–Crippen MR) is 134 cm³/mol. The smallest absolute Gasteiger partial charge is 0.271 e. The number of amides is 1. The van der Waals surface area contributed by atoms with E-state index in [0.717, 1.165) is 21.9 Å². The second-order valence-electron chi connectivity index (χ2n) is 7.55. The summed E-state index contributed by atoms with van der Waals surface area (Å²) < 4.78 is 6.50. The Bertz CT molecular complexity index is 1290. The maximum Gasteiger partial charge on any atom is 0.271 e. The Hall–Kier alpha value is -3.42. The number of benzene rings is 1. The van der Waals surface area contributed by atoms with Crippen molar-refractivity contribution in [1.29, 1.82) is 5.26 Å². The Morgan fingerprint density at radius 2 is 1.94 bits per heavy atom. The van der Waals surface area contributed by atoms with Crippen LogP contribution >= 0.6 is 24.0 Å². The number of hydrogen-bond acceptors (Lipinski definition) is 8. The van der Waals surface area contributed by atoms with Crippen LogP contribution in [-0.2, 0) is 11.3 Å². The van der Waals surface area contributed by atoms with Gasteiger partial charge in [-0.2, -0.15) is 5.26 Å². The van der Waals surface area contributed by atoms with Crippen LogP contribution in [0.15, 0.2) is 34.0 Å². The Morgan fingerprint density at radius 1 is 1.26 bits per heavy atom. The molecule has 8 nitrogen and oxygen atoms in total. The summed E-state index contributed by atoms with van der Waals surface area (Å²) in [5.74, 6) is -0.553. The van der Waals surface area contributed by atoms with Crippen LogP contribution in [0.4, 0.5) is 0 Å². The molecule has 0 aliphatic carbocycles. The van der Waals surface area contributed by atoms with E-state index in [2.05, 4.69) is 0 Å². The topological polar surface area (TPSA) is 113 Å². The van der Waals surface area contributed by atoms with E-state index in [1.165, 1.54) is 11.8 Å². The van der Waals surface area contributed by atoms with Crippen LogP contribution in [0, 0.1) is 18.3 Å². The number of carbonyl (C=O) groups excluding carboxylic acids is 2. The molecule has 176 valence electrons. The van der Waals surface area contributed by atoms with Gasteiger partial charge in [0.05, 0.1) is 17.6 Å². The first kappa shape index (κ1) is 25.2. The number of Topliss-reactive ketones (excluding diaryl/α,β-unsaturated/α-hetero) is 1. The van der Waals surface area contributed by atoms with Gasteiger partial charge in [-0.25, -0.2) is 0 Å². The van der Waals surface area contributed by atoms with Crippen LogP contribution < -0.4 is 10.3 Å². The number of hydrogen-bond donors (Lipinski definition) is 1. The normalized spacial score (nSPS) is 14.5. The Kier molecular flexibility index (Phi) is 7.91. The molecule has 0 atom stereocenters. The van der Waals surface area contributed by atoms with Gasteiger partial charge in [0.1, 0.15) is 21.7 Å². The monoisotopic (exact) mass is 497 g/mol. The molecule has 1 saturated heterocycles. The van der Waals surface area contributed by atoms with Gasteiger partial charge in [-0.15, -0.1) is 0 Å². The molecule has 1 aromatic carbocycles. The van der Waals surface area contributed by atoms with Gasteiger partial charge in [0.15, 0.2) is 5.78 Å². The van der Waals surface area contributed by atoms with Crippen molar-refractivity contribution >= 4 is 46.1 Å². The highest BCUT2D eigenvalue weighted by Crippen LogP contribution is 2.33. The van der Waals surface area contributed by atoms with Gasteiger partial charge in [-0.05, 0) is 42.7 Å². The van der Waals surface area contributed by atoms with E-state index in [0.29, 0.717) is 21.4 Å². The summed E-state index contributed by atoms with van der Waals surface area (Å²) in [6, 6.07) is 9.04. The van der Waals surface area contributed by atoms with Gasteiger partial charge in [-0.1, -0.05) is 43.0 Å². The summed E-state index contributed by atoms with van der Waals surface area (Å²) >= 11 is 6.49. The van der Waals surface area contributed by atoms with Gasteiger partial charge in [0, 0.05) is 19.5 Å². The largest absolute Gasteiger partial charge is 0.497 e. The fourth-order valence-electron chi connectivity index (χ4n) is 3.60. The molecule has 2 heterocycles. The van der Waals surface area contributed by atoms with E-state index >= 15 is 0 Å². The number of nitriles is 1. The number of thioether (sulfide) groups is 1.